The second kappa shape index (κ2) is 6.28. The highest BCUT2D eigenvalue weighted by Gasteiger charge is 2.55. The Morgan fingerprint density at radius 1 is 1.12 bits per heavy atom. The average molecular weight is 377 g/mol. The molecule has 1 aromatic carbocycles. The Morgan fingerprint density at radius 3 is 2.32 bits per heavy atom. The Morgan fingerprint density at radius 2 is 1.76 bits per heavy atom. The van der Waals surface area contributed by atoms with Crippen LogP contribution in [0.1, 0.15) is 24.0 Å². The number of carboxylic acid groups (broad SMARTS) is 1. The number of halogens is 3. The maximum atomic E-state index is 13.1. The van der Waals surface area contributed by atoms with Crippen molar-refractivity contribution in [3.05, 3.63) is 29.3 Å². The van der Waals surface area contributed by atoms with Crippen molar-refractivity contribution in [2.75, 3.05) is 13.1 Å². The quantitative estimate of drug-likeness (QED) is 0.878. The Hall–Kier alpha value is -1.61. The first-order valence-corrected chi connectivity index (χ1v) is 9.46. The predicted molar refractivity (Wildman–Crippen MR) is 82.5 cm³/mol. The van der Waals surface area contributed by atoms with Crippen LogP contribution in [0.5, 0.6) is 0 Å². The molecule has 1 saturated heterocycles. The van der Waals surface area contributed by atoms with Crippen LogP contribution in [-0.2, 0) is 27.7 Å². The summed E-state index contributed by atoms with van der Waals surface area (Å²) < 4.78 is 65.3. The summed E-state index contributed by atoms with van der Waals surface area (Å²) in [5.74, 6) is -5.62. The largest absolute Gasteiger partial charge is 0.481 e. The van der Waals surface area contributed by atoms with E-state index in [1.807, 2.05) is 0 Å². The molecule has 2 aliphatic rings. The van der Waals surface area contributed by atoms with Gasteiger partial charge in [0, 0.05) is 13.1 Å². The topological polar surface area (TPSA) is 74.7 Å². The van der Waals surface area contributed by atoms with Gasteiger partial charge in [-0.1, -0.05) is 6.07 Å². The standard InChI is InChI=1S/C16H18F3NO4S/c17-16(18,19)14-9-20(8-13(14)15(21)22)25(23,24)12-6-5-10-3-1-2-4-11(10)7-12/h5-7,13-14H,1-4,8-9H2,(H,21,22)/t13-,14-/m1/s1. The number of hydrogen-bond acceptors (Lipinski definition) is 3. The van der Waals surface area contributed by atoms with Gasteiger partial charge in [-0.15, -0.1) is 0 Å². The molecule has 1 fully saturated rings. The molecule has 0 bridgehead atoms. The molecule has 0 saturated carbocycles. The first kappa shape index (κ1) is 18.2. The van der Waals surface area contributed by atoms with Crippen LogP contribution < -0.4 is 0 Å². The lowest BCUT2D eigenvalue weighted by Crippen LogP contribution is -2.34. The van der Waals surface area contributed by atoms with Crippen LogP contribution in [-0.4, -0.2) is 43.1 Å². The lowest BCUT2D eigenvalue weighted by Gasteiger charge is -2.20. The number of hydrogen-bond donors (Lipinski definition) is 1. The fourth-order valence-corrected chi connectivity index (χ4v) is 5.11. The van der Waals surface area contributed by atoms with E-state index in [9.17, 15) is 26.4 Å². The predicted octanol–water partition coefficient (Wildman–Crippen LogP) is 2.45. The maximum absolute atomic E-state index is 13.1. The number of benzene rings is 1. The maximum Gasteiger partial charge on any atom is 0.393 e. The van der Waals surface area contributed by atoms with Gasteiger partial charge >= 0.3 is 12.1 Å². The van der Waals surface area contributed by atoms with E-state index in [2.05, 4.69) is 0 Å². The van der Waals surface area contributed by atoms with Crippen LogP contribution in [0.4, 0.5) is 13.2 Å². The highest BCUT2D eigenvalue weighted by atomic mass is 32.2. The van der Waals surface area contributed by atoms with Gasteiger partial charge in [0.1, 0.15) is 0 Å². The number of aliphatic carboxylic acids is 1. The molecule has 1 aromatic rings. The molecule has 3 rings (SSSR count). The number of carbonyl (C=O) groups is 1. The summed E-state index contributed by atoms with van der Waals surface area (Å²) in [5.41, 5.74) is 1.96. The van der Waals surface area contributed by atoms with Gasteiger partial charge in [-0.25, -0.2) is 8.42 Å². The van der Waals surface area contributed by atoms with Gasteiger partial charge in [0.25, 0.3) is 0 Å². The third-order valence-corrected chi connectivity index (χ3v) is 6.81. The molecule has 0 radical (unpaired) electrons. The second-order valence-corrected chi connectivity index (χ2v) is 8.49. The summed E-state index contributed by atoms with van der Waals surface area (Å²) >= 11 is 0. The first-order chi connectivity index (χ1) is 11.6. The van der Waals surface area contributed by atoms with Crippen LogP contribution in [0.25, 0.3) is 0 Å². The number of aryl methyl sites for hydroxylation is 2. The SMILES string of the molecule is O=C(O)[C@@H]1CN(S(=O)(=O)c2ccc3c(c2)CCCC3)C[C@H]1C(F)(F)F. The molecule has 1 aliphatic heterocycles. The van der Waals surface area contributed by atoms with Crippen LogP contribution in [0.15, 0.2) is 23.1 Å². The molecule has 25 heavy (non-hydrogen) atoms. The second-order valence-electron chi connectivity index (χ2n) is 6.55. The number of rotatable bonds is 3. The molecule has 0 unspecified atom stereocenters. The zero-order valence-electron chi connectivity index (χ0n) is 13.3. The summed E-state index contributed by atoms with van der Waals surface area (Å²) in [6.45, 7) is -1.53. The molecule has 1 N–H and O–H groups in total. The number of carboxylic acids is 1. The summed E-state index contributed by atoms with van der Waals surface area (Å²) in [6, 6.07) is 4.62. The van der Waals surface area contributed by atoms with E-state index in [1.54, 1.807) is 6.07 Å². The van der Waals surface area contributed by atoms with E-state index >= 15 is 0 Å². The number of nitrogens with zero attached hydrogens (tertiary/aromatic N) is 1. The van der Waals surface area contributed by atoms with E-state index in [1.165, 1.54) is 12.1 Å². The van der Waals surface area contributed by atoms with Crippen molar-refractivity contribution in [1.29, 1.82) is 0 Å². The van der Waals surface area contributed by atoms with E-state index in [0.29, 0.717) is 4.31 Å². The summed E-state index contributed by atoms with van der Waals surface area (Å²) in [6.07, 6.45) is -1.20. The minimum absolute atomic E-state index is 0.0693. The van der Waals surface area contributed by atoms with Gasteiger partial charge in [-0.2, -0.15) is 17.5 Å². The van der Waals surface area contributed by atoms with Gasteiger partial charge in [-0.3, -0.25) is 4.79 Å². The zero-order chi connectivity index (χ0) is 18.4. The molecular formula is C16H18F3NO4S. The first-order valence-electron chi connectivity index (χ1n) is 8.02. The van der Waals surface area contributed by atoms with E-state index < -0.39 is 47.1 Å². The zero-order valence-corrected chi connectivity index (χ0v) is 14.1. The van der Waals surface area contributed by atoms with Gasteiger partial charge in [0.05, 0.1) is 16.7 Å². The van der Waals surface area contributed by atoms with Crippen molar-refractivity contribution in [2.45, 2.75) is 36.8 Å². The lowest BCUT2D eigenvalue weighted by molar-refractivity contribution is -0.187. The Balaban J connectivity index is 1.91. The van der Waals surface area contributed by atoms with E-state index in [-0.39, 0.29) is 4.90 Å². The Kier molecular flexibility index (Phi) is 4.57. The van der Waals surface area contributed by atoms with Crippen molar-refractivity contribution in [3.8, 4) is 0 Å². The highest BCUT2D eigenvalue weighted by molar-refractivity contribution is 7.89. The van der Waals surface area contributed by atoms with Gasteiger partial charge in [0.2, 0.25) is 10.0 Å². The Labute approximate surface area is 143 Å². The van der Waals surface area contributed by atoms with Crippen molar-refractivity contribution < 1.29 is 31.5 Å². The molecule has 0 aromatic heterocycles. The molecule has 0 spiro atoms. The molecule has 1 heterocycles. The lowest BCUT2D eigenvalue weighted by atomic mass is 9.92. The summed E-state index contributed by atoms with van der Waals surface area (Å²) in [5, 5.41) is 9.04. The van der Waals surface area contributed by atoms with E-state index in [4.69, 9.17) is 5.11 Å². The molecule has 138 valence electrons. The summed E-state index contributed by atoms with van der Waals surface area (Å²) in [7, 11) is -4.16. The monoisotopic (exact) mass is 377 g/mol. The van der Waals surface area contributed by atoms with Crippen molar-refractivity contribution in [2.24, 2.45) is 11.8 Å². The minimum atomic E-state index is -4.76. The molecule has 2 atom stereocenters. The summed E-state index contributed by atoms with van der Waals surface area (Å²) in [4.78, 5) is 11.1. The van der Waals surface area contributed by atoms with Gasteiger partial charge < -0.3 is 5.11 Å². The van der Waals surface area contributed by atoms with Crippen molar-refractivity contribution in [1.82, 2.24) is 4.31 Å². The molecular weight excluding hydrogens is 359 g/mol. The molecule has 9 heteroatoms. The van der Waals surface area contributed by atoms with Crippen molar-refractivity contribution >= 4 is 16.0 Å². The van der Waals surface area contributed by atoms with Crippen molar-refractivity contribution in [3.63, 3.8) is 0 Å². The van der Waals surface area contributed by atoms with E-state index in [0.717, 1.165) is 36.8 Å². The van der Waals surface area contributed by atoms with Crippen LogP contribution in [0, 0.1) is 11.8 Å². The number of alkyl halides is 3. The molecule has 1 aliphatic carbocycles. The normalized spacial score (nSPS) is 24.9. The van der Waals surface area contributed by atoms with Crippen LogP contribution in [0.2, 0.25) is 0 Å². The Bertz CT molecular complexity index is 791. The van der Waals surface area contributed by atoms with Gasteiger partial charge in [-0.05, 0) is 48.9 Å². The third kappa shape index (κ3) is 3.39. The van der Waals surface area contributed by atoms with Crippen LogP contribution in [0.3, 0.4) is 0 Å². The molecule has 5 nitrogen and oxygen atoms in total. The number of sulfonamides is 1. The van der Waals surface area contributed by atoms with Gasteiger partial charge in [0.15, 0.2) is 0 Å². The smallest absolute Gasteiger partial charge is 0.393 e. The minimum Gasteiger partial charge on any atom is -0.481 e. The average Bonchev–Trinajstić information content (AvgIpc) is 3.01. The number of fused-ring (bicyclic) bond motifs is 1. The fourth-order valence-electron chi connectivity index (χ4n) is 3.57. The third-order valence-electron chi connectivity index (χ3n) is 4.98. The molecule has 0 amide bonds. The van der Waals surface area contributed by atoms with Crippen LogP contribution >= 0.6 is 0 Å². The highest BCUT2D eigenvalue weighted by Crippen LogP contribution is 2.40. The fraction of sp³-hybridized carbons (Fsp3) is 0.562.